The summed E-state index contributed by atoms with van der Waals surface area (Å²) in [7, 11) is 1.74. The molecule has 6 nitrogen and oxygen atoms in total. The number of H-pyrrole nitrogens is 1. The largest absolute Gasteiger partial charge is 0.337 e. The maximum Gasteiger partial charge on any atom is 0.242 e. The quantitative estimate of drug-likeness (QED) is 0.752. The average Bonchev–Trinajstić information content (AvgIpc) is 2.59. The van der Waals surface area contributed by atoms with Crippen LogP contribution in [0.15, 0.2) is 0 Å². The third-order valence-electron chi connectivity index (χ3n) is 3.04. The van der Waals surface area contributed by atoms with Gasteiger partial charge in [-0.05, 0) is 26.2 Å². The van der Waals surface area contributed by atoms with Gasteiger partial charge in [0.15, 0.2) is 5.82 Å². The Morgan fingerprint density at radius 3 is 2.75 bits per heavy atom. The van der Waals surface area contributed by atoms with Gasteiger partial charge in [0.2, 0.25) is 5.91 Å². The van der Waals surface area contributed by atoms with Gasteiger partial charge in [-0.3, -0.25) is 9.89 Å². The zero-order valence-electron chi connectivity index (χ0n) is 9.66. The number of aryl methyl sites for hydroxylation is 1. The summed E-state index contributed by atoms with van der Waals surface area (Å²) in [6, 6.07) is 0. The molecule has 2 rings (SSSR count). The molecule has 0 bridgehead atoms. The van der Waals surface area contributed by atoms with E-state index in [2.05, 4.69) is 15.2 Å². The second-order valence-electron chi connectivity index (χ2n) is 4.51. The topological polar surface area (TPSA) is 87.9 Å². The Bertz CT molecular complexity index is 396. The van der Waals surface area contributed by atoms with E-state index in [9.17, 15) is 4.79 Å². The van der Waals surface area contributed by atoms with Crippen molar-refractivity contribution in [3.63, 3.8) is 0 Å². The number of hydrogen-bond acceptors (Lipinski definition) is 4. The van der Waals surface area contributed by atoms with Gasteiger partial charge in [-0.1, -0.05) is 0 Å². The Kier molecular flexibility index (Phi) is 2.67. The highest BCUT2D eigenvalue weighted by molar-refractivity contribution is 5.86. The highest BCUT2D eigenvalue weighted by Crippen LogP contribution is 2.30. The monoisotopic (exact) mass is 223 g/mol. The lowest BCUT2D eigenvalue weighted by Gasteiger charge is -2.38. The first-order chi connectivity index (χ1) is 7.51. The Morgan fingerprint density at radius 2 is 2.31 bits per heavy atom. The molecule has 1 aliphatic rings. The molecule has 0 saturated heterocycles. The Morgan fingerprint density at radius 1 is 1.62 bits per heavy atom. The third kappa shape index (κ3) is 1.92. The van der Waals surface area contributed by atoms with Gasteiger partial charge in [0.1, 0.15) is 5.82 Å². The lowest BCUT2D eigenvalue weighted by Crippen LogP contribution is -2.58. The maximum atomic E-state index is 12.0. The maximum absolute atomic E-state index is 12.0. The molecule has 0 atom stereocenters. The summed E-state index contributed by atoms with van der Waals surface area (Å²) in [5.41, 5.74) is 5.33. The molecule has 6 heteroatoms. The molecule has 1 aromatic heterocycles. The molecule has 0 radical (unpaired) electrons. The van der Waals surface area contributed by atoms with Crippen molar-refractivity contribution >= 4 is 5.91 Å². The first-order valence-corrected chi connectivity index (χ1v) is 5.43. The molecule has 1 fully saturated rings. The minimum atomic E-state index is -0.639. The van der Waals surface area contributed by atoms with E-state index in [0.29, 0.717) is 12.4 Å². The highest BCUT2D eigenvalue weighted by atomic mass is 16.2. The number of carbonyl (C=O) groups is 1. The zero-order valence-corrected chi connectivity index (χ0v) is 9.66. The second-order valence-corrected chi connectivity index (χ2v) is 4.51. The molecule has 1 amide bonds. The van der Waals surface area contributed by atoms with E-state index < -0.39 is 5.54 Å². The smallest absolute Gasteiger partial charge is 0.242 e. The summed E-state index contributed by atoms with van der Waals surface area (Å²) in [5, 5.41) is 6.74. The van der Waals surface area contributed by atoms with Gasteiger partial charge >= 0.3 is 0 Å². The Balaban J connectivity index is 1.97. The van der Waals surface area contributed by atoms with Crippen LogP contribution in [-0.4, -0.2) is 38.6 Å². The van der Waals surface area contributed by atoms with E-state index in [1.165, 1.54) is 0 Å². The average molecular weight is 223 g/mol. The van der Waals surface area contributed by atoms with Gasteiger partial charge in [-0.2, -0.15) is 5.10 Å². The fraction of sp³-hybridized carbons (Fsp3) is 0.700. The number of likely N-dealkylation sites (N-methyl/N-ethyl adjacent to an activating group) is 1. The van der Waals surface area contributed by atoms with Gasteiger partial charge in [-0.15, -0.1) is 0 Å². The van der Waals surface area contributed by atoms with E-state index in [1.54, 1.807) is 11.9 Å². The molecule has 1 aromatic rings. The van der Waals surface area contributed by atoms with Crippen LogP contribution in [0.25, 0.3) is 0 Å². The van der Waals surface area contributed by atoms with Crippen LogP contribution in [0.5, 0.6) is 0 Å². The SMILES string of the molecule is Cc1nc(CN(C)C(=O)C2(N)CCC2)n[nH]1. The fourth-order valence-electron chi connectivity index (χ4n) is 1.90. The van der Waals surface area contributed by atoms with Gasteiger partial charge < -0.3 is 10.6 Å². The first kappa shape index (κ1) is 11.1. The van der Waals surface area contributed by atoms with Crippen LogP contribution in [0.2, 0.25) is 0 Å². The van der Waals surface area contributed by atoms with E-state index in [0.717, 1.165) is 25.1 Å². The number of nitrogens with two attached hydrogens (primary N) is 1. The number of aromatic nitrogens is 3. The zero-order chi connectivity index (χ0) is 11.8. The fourth-order valence-corrected chi connectivity index (χ4v) is 1.90. The number of nitrogens with zero attached hydrogens (tertiary/aromatic N) is 3. The molecular weight excluding hydrogens is 206 g/mol. The number of carbonyl (C=O) groups excluding carboxylic acids is 1. The van der Waals surface area contributed by atoms with Crippen molar-refractivity contribution in [2.75, 3.05) is 7.05 Å². The van der Waals surface area contributed by atoms with Gasteiger partial charge in [0, 0.05) is 7.05 Å². The number of amides is 1. The van der Waals surface area contributed by atoms with E-state index in [-0.39, 0.29) is 5.91 Å². The van der Waals surface area contributed by atoms with E-state index in [4.69, 9.17) is 5.73 Å². The summed E-state index contributed by atoms with van der Waals surface area (Å²) in [6.07, 6.45) is 2.60. The van der Waals surface area contributed by atoms with Crippen LogP contribution in [0.1, 0.15) is 30.9 Å². The third-order valence-corrected chi connectivity index (χ3v) is 3.04. The lowest BCUT2D eigenvalue weighted by atomic mass is 9.76. The number of nitrogens with one attached hydrogen (secondary N) is 1. The molecule has 16 heavy (non-hydrogen) atoms. The molecule has 0 aliphatic heterocycles. The minimum absolute atomic E-state index is 0.0128. The van der Waals surface area contributed by atoms with Gasteiger partial charge in [0.25, 0.3) is 0 Å². The first-order valence-electron chi connectivity index (χ1n) is 5.43. The molecule has 0 unspecified atom stereocenters. The van der Waals surface area contributed by atoms with Crippen molar-refractivity contribution in [3.05, 3.63) is 11.6 Å². The van der Waals surface area contributed by atoms with Crippen molar-refractivity contribution in [1.82, 2.24) is 20.1 Å². The van der Waals surface area contributed by atoms with Crippen LogP contribution in [0.4, 0.5) is 0 Å². The molecule has 3 N–H and O–H groups in total. The van der Waals surface area contributed by atoms with Gasteiger partial charge in [0.05, 0.1) is 12.1 Å². The summed E-state index contributed by atoms with van der Waals surface area (Å²) >= 11 is 0. The predicted molar refractivity (Wildman–Crippen MR) is 58.4 cm³/mol. The van der Waals surface area contributed by atoms with Gasteiger partial charge in [-0.25, -0.2) is 4.98 Å². The predicted octanol–water partition coefficient (Wildman–Crippen LogP) is -0.0471. The van der Waals surface area contributed by atoms with Crippen LogP contribution in [-0.2, 0) is 11.3 Å². The van der Waals surface area contributed by atoms with Crippen molar-refractivity contribution in [2.24, 2.45) is 5.73 Å². The normalized spacial score (nSPS) is 17.9. The van der Waals surface area contributed by atoms with E-state index >= 15 is 0 Å². The van der Waals surface area contributed by atoms with Crippen molar-refractivity contribution < 1.29 is 4.79 Å². The van der Waals surface area contributed by atoms with E-state index in [1.807, 2.05) is 6.92 Å². The minimum Gasteiger partial charge on any atom is -0.337 e. The standard InChI is InChI=1S/C10H17N5O/c1-7-12-8(14-13-7)6-15(2)9(16)10(11)4-3-5-10/h3-6,11H2,1-2H3,(H,12,13,14). The number of hydrogen-bond donors (Lipinski definition) is 2. The second kappa shape index (κ2) is 3.86. The van der Waals surface area contributed by atoms with Crippen molar-refractivity contribution in [1.29, 1.82) is 0 Å². The summed E-state index contributed by atoms with van der Waals surface area (Å²) in [5.74, 6) is 1.36. The van der Waals surface area contributed by atoms with Crippen molar-refractivity contribution in [3.8, 4) is 0 Å². The number of rotatable bonds is 3. The summed E-state index contributed by atoms with van der Waals surface area (Å²) in [4.78, 5) is 17.7. The van der Waals surface area contributed by atoms with Crippen LogP contribution in [0.3, 0.4) is 0 Å². The Hall–Kier alpha value is -1.43. The van der Waals surface area contributed by atoms with Crippen LogP contribution < -0.4 is 5.73 Å². The Labute approximate surface area is 94.2 Å². The molecule has 1 saturated carbocycles. The molecule has 0 spiro atoms. The highest BCUT2D eigenvalue weighted by Gasteiger charge is 2.41. The molecular formula is C10H17N5O. The van der Waals surface area contributed by atoms with Crippen molar-refractivity contribution in [2.45, 2.75) is 38.3 Å². The molecule has 1 aliphatic carbocycles. The number of aromatic amines is 1. The molecule has 1 heterocycles. The van der Waals surface area contributed by atoms with Crippen LogP contribution >= 0.6 is 0 Å². The lowest BCUT2D eigenvalue weighted by molar-refractivity contribution is -0.139. The summed E-state index contributed by atoms with van der Waals surface area (Å²) < 4.78 is 0. The van der Waals surface area contributed by atoms with Crippen LogP contribution in [0, 0.1) is 6.92 Å². The molecule has 0 aromatic carbocycles. The molecule has 88 valence electrons. The summed E-state index contributed by atoms with van der Waals surface area (Å²) in [6.45, 7) is 2.23.